The predicted octanol–water partition coefficient (Wildman–Crippen LogP) is 3.80. The highest BCUT2D eigenvalue weighted by Gasteiger charge is 2.33. The van der Waals surface area contributed by atoms with Gasteiger partial charge in [-0.3, -0.25) is 13.9 Å². The van der Waals surface area contributed by atoms with Crippen molar-refractivity contribution in [2.24, 2.45) is 0 Å². The van der Waals surface area contributed by atoms with Crippen LogP contribution in [0.1, 0.15) is 24.2 Å². The molecular formula is C14H17Cl2N3O3S. The third-order valence-corrected chi connectivity index (χ3v) is 6.91. The van der Waals surface area contributed by atoms with Crippen LogP contribution in [-0.4, -0.2) is 48.6 Å². The minimum absolute atomic E-state index is 0.139. The molecule has 0 bridgehead atoms. The van der Waals surface area contributed by atoms with Crippen molar-refractivity contribution >= 4 is 50.9 Å². The van der Waals surface area contributed by atoms with Crippen LogP contribution in [-0.2, 0) is 0 Å². The lowest BCUT2D eigenvalue weighted by Gasteiger charge is -2.47. The van der Waals surface area contributed by atoms with Gasteiger partial charge in [0.05, 0.1) is 32.8 Å². The number of rotatable bonds is 2. The van der Waals surface area contributed by atoms with Crippen LogP contribution < -0.4 is 4.90 Å². The van der Waals surface area contributed by atoms with Gasteiger partial charge in [0.2, 0.25) is 0 Å². The summed E-state index contributed by atoms with van der Waals surface area (Å²) >= 11 is 12.4. The second-order valence-corrected chi connectivity index (χ2v) is 9.18. The number of carbonyl (C=O) groups is 1. The molecule has 2 aromatic rings. The summed E-state index contributed by atoms with van der Waals surface area (Å²) in [6.45, 7) is 4.09. The normalized spacial score (nSPS) is 22.3. The number of ketones is 1. The number of anilines is 1. The van der Waals surface area contributed by atoms with Crippen LogP contribution in [0, 0.1) is 0 Å². The van der Waals surface area contributed by atoms with Gasteiger partial charge in [0.1, 0.15) is 11.3 Å². The van der Waals surface area contributed by atoms with Gasteiger partial charge in [-0.1, -0.05) is 23.2 Å². The highest BCUT2D eigenvalue weighted by atomic mass is 35.5. The first-order valence-corrected chi connectivity index (χ1v) is 9.62. The Bertz CT molecular complexity index is 793. The number of hydrogen-bond acceptors (Lipinski definition) is 5. The lowest BCUT2D eigenvalue weighted by Crippen LogP contribution is -2.44. The SMILES string of the molecule is CC(=O)c1cc(Cl)c2c(Cl)cnn2c1N1CCS(O)(O)C(C)C1. The van der Waals surface area contributed by atoms with Crippen molar-refractivity contribution in [3.63, 3.8) is 0 Å². The minimum atomic E-state index is -2.60. The molecule has 2 N–H and O–H groups in total. The summed E-state index contributed by atoms with van der Waals surface area (Å²) < 4.78 is 21.6. The quantitative estimate of drug-likeness (QED) is 0.778. The highest BCUT2D eigenvalue weighted by Crippen LogP contribution is 2.47. The molecule has 1 atom stereocenters. The van der Waals surface area contributed by atoms with Gasteiger partial charge in [-0.2, -0.15) is 15.7 Å². The third kappa shape index (κ3) is 2.81. The molecule has 0 radical (unpaired) electrons. The van der Waals surface area contributed by atoms with E-state index in [0.717, 1.165) is 0 Å². The average Bonchev–Trinajstić information content (AvgIpc) is 2.85. The molecule has 6 nitrogen and oxygen atoms in total. The smallest absolute Gasteiger partial charge is 0.163 e. The molecule has 0 aromatic carbocycles. The van der Waals surface area contributed by atoms with E-state index in [9.17, 15) is 13.9 Å². The Kier molecular flexibility index (Phi) is 4.27. The number of carbonyl (C=O) groups excluding carboxylic acids is 1. The zero-order valence-corrected chi connectivity index (χ0v) is 15.0. The van der Waals surface area contributed by atoms with Crippen LogP contribution in [0.2, 0.25) is 10.0 Å². The second-order valence-electron chi connectivity index (χ2n) is 5.72. The standard InChI is InChI=1S/C14H17Cl2N3O3S/c1-8-7-18(3-4-23(8,21)22)14-10(9(2)20)5-11(15)13-12(16)6-17-19(13)14/h5-6,8,21-22H,3-4,7H2,1-2H3. The van der Waals surface area contributed by atoms with Crippen molar-refractivity contribution < 1.29 is 13.9 Å². The van der Waals surface area contributed by atoms with Crippen molar-refractivity contribution in [3.05, 3.63) is 27.9 Å². The molecule has 0 aliphatic carbocycles. The van der Waals surface area contributed by atoms with E-state index in [2.05, 4.69) is 5.10 Å². The Morgan fingerprint density at radius 2 is 2.09 bits per heavy atom. The minimum Gasteiger partial charge on any atom is -0.353 e. The van der Waals surface area contributed by atoms with Crippen molar-refractivity contribution in [1.82, 2.24) is 9.61 Å². The van der Waals surface area contributed by atoms with Gasteiger partial charge in [-0.05, 0) is 19.9 Å². The Morgan fingerprint density at radius 3 is 2.70 bits per heavy atom. The zero-order chi connectivity index (χ0) is 16.9. The lowest BCUT2D eigenvalue weighted by molar-refractivity contribution is 0.101. The maximum atomic E-state index is 12.1. The number of nitrogens with zero attached hydrogens (tertiary/aromatic N) is 3. The van der Waals surface area contributed by atoms with Crippen molar-refractivity contribution in [2.75, 3.05) is 23.7 Å². The summed E-state index contributed by atoms with van der Waals surface area (Å²) in [6.07, 6.45) is 1.48. The molecule has 0 saturated carbocycles. The molecule has 23 heavy (non-hydrogen) atoms. The molecule has 126 valence electrons. The molecule has 0 amide bonds. The van der Waals surface area contributed by atoms with Crippen molar-refractivity contribution in [1.29, 1.82) is 0 Å². The molecule has 1 fully saturated rings. The molecule has 1 unspecified atom stereocenters. The first-order chi connectivity index (χ1) is 10.7. The fourth-order valence-corrected chi connectivity index (χ4v) is 4.68. The van der Waals surface area contributed by atoms with Gasteiger partial charge in [-0.25, -0.2) is 4.52 Å². The largest absolute Gasteiger partial charge is 0.353 e. The summed E-state index contributed by atoms with van der Waals surface area (Å²) in [4.78, 5) is 14.0. The summed E-state index contributed by atoms with van der Waals surface area (Å²) in [7, 11) is -2.60. The number of halogens is 2. The van der Waals surface area contributed by atoms with Crippen LogP contribution in [0.15, 0.2) is 12.3 Å². The van der Waals surface area contributed by atoms with Crippen LogP contribution in [0.5, 0.6) is 0 Å². The summed E-state index contributed by atoms with van der Waals surface area (Å²) in [5, 5.41) is 4.71. The average molecular weight is 378 g/mol. The second kappa shape index (κ2) is 5.82. The zero-order valence-electron chi connectivity index (χ0n) is 12.7. The van der Waals surface area contributed by atoms with Crippen molar-refractivity contribution in [3.8, 4) is 0 Å². The lowest BCUT2D eigenvalue weighted by atomic mass is 10.1. The van der Waals surface area contributed by atoms with Gasteiger partial charge < -0.3 is 4.90 Å². The summed E-state index contributed by atoms with van der Waals surface area (Å²) in [5.41, 5.74) is 0.978. The van der Waals surface area contributed by atoms with E-state index in [1.54, 1.807) is 17.5 Å². The van der Waals surface area contributed by atoms with E-state index >= 15 is 0 Å². The summed E-state index contributed by atoms with van der Waals surface area (Å²) in [5.74, 6) is 0.704. The van der Waals surface area contributed by atoms with E-state index in [1.807, 2.05) is 4.90 Å². The van der Waals surface area contributed by atoms with Gasteiger partial charge in [0.15, 0.2) is 5.78 Å². The van der Waals surface area contributed by atoms with E-state index in [1.165, 1.54) is 13.1 Å². The van der Waals surface area contributed by atoms with Crippen LogP contribution in [0.25, 0.3) is 5.52 Å². The number of aromatic nitrogens is 2. The fraction of sp³-hybridized carbons (Fsp3) is 0.429. The van der Waals surface area contributed by atoms with Gasteiger partial charge >= 0.3 is 0 Å². The van der Waals surface area contributed by atoms with Crippen LogP contribution >= 0.6 is 33.8 Å². The maximum Gasteiger partial charge on any atom is 0.163 e. The van der Waals surface area contributed by atoms with E-state index in [0.29, 0.717) is 40.0 Å². The van der Waals surface area contributed by atoms with Gasteiger partial charge in [-0.15, -0.1) is 0 Å². The first kappa shape index (κ1) is 16.9. The highest BCUT2D eigenvalue weighted by molar-refractivity contribution is 8.24. The molecule has 9 heteroatoms. The molecule has 1 saturated heterocycles. The number of fused-ring (bicyclic) bond motifs is 1. The molecule has 1 aliphatic rings. The van der Waals surface area contributed by atoms with Gasteiger partial charge in [0.25, 0.3) is 0 Å². The fourth-order valence-electron chi connectivity index (χ4n) is 2.80. The Balaban J connectivity index is 2.18. The molecule has 0 spiro atoms. The van der Waals surface area contributed by atoms with Crippen LogP contribution in [0.4, 0.5) is 5.82 Å². The Labute approximate surface area is 145 Å². The van der Waals surface area contributed by atoms with E-state index in [-0.39, 0.29) is 16.8 Å². The molecule has 2 aromatic heterocycles. The maximum absolute atomic E-state index is 12.1. The first-order valence-electron chi connectivity index (χ1n) is 7.08. The van der Waals surface area contributed by atoms with Crippen LogP contribution in [0.3, 0.4) is 0 Å². The Morgan fingerprint density at radius 1 is 1.39 bits per heavy atom. The Hall–Kier alpha value is -0.990. The molecule has 3 heterocycles. The summed E-state index contributed by atoms with van der Waals surface area (Å²) in [6, 6.07) is 1.60. The molecule has 1 aliphatic heterocycles. The number of hydrogen-bond donors (Lipinski definition) is 2. The monoisotopic (exact) mass is 377 g/mol. The van der Waals surface area contributed by atoms with E-state index < -0.39 is 10.6 Å². The topological polar surface area (TPSA) is 78.1 Å². The predicted molar refractivity (Wildman–Crippen MR) is 94.6 cm³/mol. The molecular weight excluding hydrogens is 361 g/mol. The van der Waals surface area contributed by atoms with Gasteiger partial charge in [0, 0.05) is 13.1 Å². The van der Waals surface area contributed by atoms with E-state index in [4.69, 9.17) is 23.2 Å². The third-order valence-electron chi connectivity index (χ3n) is 4.13. The van der Waals surface area contributed by atoms with Crippen molar-refractivity contribution in [2.45, 2.75) is 19.1 Å². The molecule has 3 rings (SSSR count). The number of Topliss-reactive ketones (excluding diaryl/α,β-unsaturated/α-hetero) is 1. The number of pyridine rings is 1.